The van der Waals surface area contributed by atoms with Gasteiger partial charge in [-0.15, -0.1) is 0 Å². The number of methoxy groups -OCH3 is 1. The fourth-order valence-corrected chi connectivity index (χ4v) is 5.53. The zero-order valence-electron chi connectivity index (χ0n) is 20.7. The maximum absolute atomic E-state index is 13.8. The van der Waals surface area contributed by atoms with Crippen molar-refractivity contribution >= 4 is 5.91 Å². The Hall–Kier alpha value is -3.78. The van der Waals surface area contributed by atoms with Crippen molar-refractivity contribution in [1.82, 2.24) is 24.9 Å². The predicted molar refractivity (Wildman–Crippen MR) is 134 cm³/mol. The quantitative estimate of drug-likeness (QED) is 0.416. The number of ether oxygens (including phenoxy) is 1. The molecule has 2 aromatic heterocycles. The fourth-order valence-electron chi connectivity index (χ4n) is 5.53. The van der Waals surface area contributed by atoms with E-state index in [9.17, 15) is 4.79 Å². The van der Waals surface area contributed by atoms with Crippen molar-refractivity contribution in [2.75, 3.05) is 13.7 Å². The van der Waals surface area contributed by atoms with E-state index in [2.05, 4.69) is 36.2 Å². The third-order valence-corrected chi connectivity index (χ3v) is 7.67. The molecule has 0 saturated carbocycles. The van der Waals surface area contributed by atoms with Gasteiger partial charge in [-0.1, -0.05) is 36.4 Å². The molecule has 1 aliphatic heterocycles. The molecule has 1 fully saturated rings. The highest BCUT2D eigenvalue weighted by Crippen LogP contribution is 2.45. The number of piperidine rings is 1. The van der Waals surface area contributed by atoms with Gasteiger partial charge in [0.2, 0.25) is 0 Å². The molecule has 0 N–H and O–H groups in total. The largest absolute Gasteiger partial charge is 0.440 e. The van der Waals surface area contributed by atoms with Crippen LogP contribution >= 0.6 is 0 Å². The van der Waals surface area contributed by atoms with E-state index in [0.29, 0.717) is 30.1 Å². The van der Waals surface area contributed by atoms with Crippen molar-refractivity contribution < 1.29 is 13.9 Å². The minimum atomic E-state index is -0.453. The first-order valence-corrected chi connectivity index (χ1v) is 12.4. The summed E-state index contributed by atoms with van der Waals surface area (Å²) < 4.78 is 12.4. The lowest BCUT2D eigenvalue weighted by molar-refractivity contribution is 0.000369. The number of carbonyl (C=O) groups excluding carboxylic acids is 1. The molecule has 0 radical (unpaired) electrons. The number of amides is 1. The highest BCUT2D eigenvalue weighted by molar-refractivity contribution is 5.98. The van der Waals surface area contributed by atoms with Crippen LogP contribution in [0.3, 0.4) is 0 Å². The summed E-state index contributed by atoms with van der Waals surface area (Å²) in [6.07, 6.45) is 5.65. The zero-order chi connectivity index (χ0) is 24.9. The molecule has 2 aromatic carbocycles. The van der Waals surface area contributed by atoms with Gasteiger partial charge in [0.1, 0.15) is 0 Å². The van der Waals surface area contributed by atoms with Crippen LogP contribution in [-0.2, 0) is 16.8 Å². The molecule has 2 aliphatic rings. The normalized spacial score (nSPS) is 23.2. The van der Waals surface area contributed by atoms with Crippen LogP contribution in [0.2, 0.25) is 0 Å². The number of nitrogens with zero attached hydrogens (tertiary/aromatic N) is 5. The summed E-state index contributed by atoms with van der Waals surface area (Å²) in [5, 5.41) is 8.46. The van der Waals surface area contributed by atoms with Crippen molar-refractivity contribution in [3.63, 3.8) is 0 Å². The molecule has 3 unspecified atom stereocenters. The number of carbonyl (C=O) groups is 1. The first-order valence-electron chi connectivity index (χ1n) is 12.4. The number of oxazole rings is 1. The molecular formula is C28H29N5O3. The van der Waals surface area contributed by atoms with Gasteiger partial charge in [0.05, 0.1) is 40.9 Å². The Bertz CT molecular complexity index is 1410. The molecule has 8 heteroatoms. The van der Waals surface area contributed by atoms with Crippen molar-refractivity contribution in [1.29, 1.82) is 0 Å². The first-order chi connectivity index (χ1) is 17.5. The SMILES string of the molecule is COC1(C)Cc2nc(C3CCC(C)N(C(=O)c4ccccc4-n4nccn4)C3)oc2-c2ccccc21. The molecule has 6 rings (SSSR count). The maximum atomic E-state index is 13.8. The second-order valence-corrected chi connectivity index (χ2v) is 9.90. The Morgan fingerprint density at radius 3 is 2.64 bits per heavy atom. The van der Waals surface area contributed by atoms with Gasteiger partial charge in [-0.3, -0.25) is 4.79 Å². The number of likely N-dealkylation sites (tertiary alicyclic amines) is 1. The molecule has 3 heterocycles. The highest BCUT2D eigenvalue weighted by atomic mass is 16.5. The lowest BCUT2D eigenvalue weighted by Crippen LogP contribution is -2.45. The standard InChI is InChI=1S/C28H29N5O3/c1-18-12-13-19(17-32(18)27(34)21-9-5-7-11-24(21)33-29-14-15-30-33)26-31-23-16-28(2,35-3)22-10-6-4-8-20(22)25(23)36-26/h4-11,14-15,18-19H,12-13,16-17H2,1-3H3. The Morgan fingerprint density at radius 2 is 1.83 bits per heavy atom. The lowest BCUT2D eigenvalue weighted by atomic mass is 9.81. The minimum absolute atomic E-state index is 0.0201. The van der Waals surface area contributed by atoms with Gasteiger partial charge in [-0.25, -0.2) is 4.98 Å². The monoisotopic (exact) mass is 483 g/mol. The molecule has 184 valence electrons. The van der Waals surface area contributed by atoms with Gasteiger partial charge in [0.15, 0.2) is 11.7 Å². The minimum Gasteiger partial charge on any atom is -0.440 e. The van der Waals surface area contributed by atoms with Crippen LogP contribution in [0, 0.1) is 0 Å². The molecule has 1 amide bonds. The van der Waals surface area contributed by atoms with Crippen LogP contribution < -0.4 is 0 Å². The van der Waals surface area contributed by atoms with Gasteiger partial charge >= 0.3 is 0 Å². The summed E-state index contributed by atoms with van der Waals surface area (Å²) in [4.78, 5) is 22.2. The fraction of sp³-hybridized carbons (Fsp3) is 0.357. The van der Waals surface area contributed by atoms with E-state index in [-0.39, 0.29) is 17.9 Å². The van der Waals surface area contributed by atoms with Crippen molar-refractivity contribution in [3.05, 3.63) is 83.6 Å². The van der Waals surface area contributed by atoms with E-state index >= 15 is 0 Å². The number of para-hydroxylation sites is 1. The molecule has 1 saturated heterocycles. The van der Waals surface area contributed by atoms with E-state index < -0.39 is 5.60 Å². The Balaban J connectivity index is 1.31. The van der Waals surface area contributed by atoms with E-state index in [4.69, 9.17) is 14.1 Å². The smallest absolute Gasteiger partial charge is 0.256 e. The number of benzene rings is 2. The van der Waals surface area contributed by atoms with Crippen LogP contribution in [-0.4, -0.2) is 50.5 Å². The summed E-state index contributed by atoms with van der Waals surface area (Å²) in [6, 6.07) is 15.8. The number of rotatable bonds is 4. The molecular weight excluding hydrogens is 454 g/mol. The van der Waals surface area contributed by atoms with Gasteiger partial charge < -0.3 is 14.1 Å². The number of hydrogen-bond donors (Lipinski definition) is 0. The Kier molecular flexibility index (Phi) is 5.48. The zero-order valence-corrected chi connectivity index (χ0v) is 20.7. The number of fused-ring (bicyclic) bond motifs is 3. The number of aromatic nitrogens is 4. The summed E-state index contributed by atoms with van der Waals surface area (Å²) in [5.74, 6) is 1.50. The Labute approximate surface area is 209 Å². The van der Waals surface area contributed by atoms with E-state index in [1.165, 1.54) is 4.80 Å². The van der Waals surface area contributed by atoms with Crippen LogP contribution in [0.1, 0.15) is 60.1 Å². The second kappa shape index (κ2) is 8.71. The van der Waals surface area contributed by atoms with Gasteiger partial charge in [-0.2, -0.15) is 15.0 Å². The Morgan fingerprint density at radius 1 is 1.08 bits per heavy atom. The van der Waals surface area contributed by atoms with Gasteiger partial charge in [0, 0.05) is 31.7 Å². The van der Waals surface area contributed by atoms with Crippen LogP contribution in [0.4, 0.5) is 0 Å². The highest BCUT2D eigenvalue weighted by Gasteiger charge is 2.40. The average Bonchev–Trinajstić information content (AvgIpc) is 3.59. The summed E-state index contributed by atoms with van der Waals surface area (Å²) in [5.41, 5.74) is 3.85. The molecule has 4 aromatic rings. The van der Waals surface area contributed by atoms with Crippen LogP contribution in [0.15, 0.2) is 65.3 Å². The van der Waals surface area contributed by atoms with Gasteiger partial charge in [0.25, 0.3) is 5.91 Å². The number of hydrogen-bond acceptors (Lipinski definition) is 6. The second-order valence-electron chi connectivity index (χ2n) is 9.90. The molecule has 1 aliphatic carbocycles. The van der Waals surface area contributed by atoms with Crippen molar-refractivity contribution in [3.8, 4) is 17.0 Å². The van der Waals surface area contributed by atoms with Crippen molar-refractivity contribution in [2.24, 2.45) is 0 Å². The summed E-state index contributed by atoms with van der Waals surface area (Å²) in [6.45, 7) is 4.74. The molecule has 0 bridgehead atoms. The van der Waals surface area contributed by atoms with Crippen LogP contribution in [0.5, 0.6) is 0 Å². The predicted octanol–water partition coefficient (Wildman–Crippen LogP) is 4.75. The average molecular weight is 484 g/mol. The lowest BCUT2D eigenvalue weighted by Gasteiger charge is -2.37. The summed E-state index contributed by atoms with van der Waals surface area (Å²) in [7, 11) is 1.74. The van der Waals surface area contributed by atoms with E-state index in [1.54, 1.807) is 19.5 Å². The topological polar surface area (TPSA) is 86.3 Å². The molecule has 0 spiro atoms. The summed E-state index contributed by atoms with van der Waals surface area (Å²) >= 11 is 0. The first kappa shape index (κ1) is 22.7. The molecule has 3 atom stereocenters. The van der Waals surface area contributed by atoms with Crippen molar-refractivity contribution in [2.45, 2.75) is 50.7 Å². The van der Waals surface area contributed by atoms with E-state index in [0.717, 1.165) is 35.4 Å². The molecule has 36 heavy (non-hydrogen) atoms. The van der Waals surface area contributed by atoms with Gasteiger partial charge in [-0.05, 0) is 44.4 Å². The maximum Gasteiger partial charge on any atom is 0.256 e. The molecule has 8 nitrogen and oxygen atoms in total. The van der Waals surface area contributed by atoms with E-state index in [1.807, 2.05) is 41.3 Å². The van der Waals surface area contributed by atoms with Crippen LogP contribution in [0.25, 0.3) is 17.0 Å². The third-order valence-electron chi connectivity index (χ3n) is 7.67. The third kappa shape index (κ3) is 3.64.